The van der Waals surface area contributed by atoms with Crippen molar-refractivity contribution < 1.29 is 14.6 Å². The van der Waals surface area contributed by atoms with Crippen LogP contribution < -0.4 is 4.74 Å². The SMILES string of the molecule is C=Cc1ccc(C(C)(C)C)cc1.C=Cc1ccc(OC(C)=O)cc1.C=Cc1ccc2c(c1)CC2.CC(C)(C#N)CC(CC(CCc1ccc(O)cc1)c1ccc2c(c1)CC2)c1ccc(C(C)(C)C)cc1. The minimum Gasteiger partial charge on any atom is -0.508 e. The molecule has 0 bridgehead atoms. The fraction of sp³-hybridized carbons (Fsp3) is 0.333. The summed E-state index contributed by atoms with van der Waals surface area (Å²) in [6.45, 7) is 30.0. The highest BCUT2D eigenvalue weighted by molar-refractivity contribution is 5.69. The molecule has 8 rings (SSSR count). The van der Waals surface area contributed by atoms with E-state index in [0.717, 1.165) is 31.2 Å². The molecule has 0 aromatic heterocycles. The van der Waals surface area contributed by atoms with Gasteiger partial charge in [-0.3, -0.25) is 4.79 Å². The number of aryl methyl sites for hydroxylation is 5. The number of rotatable bonds is 13. The lowest BCUT2D eigenvalue weighted by molar-refractivity contribution is -0.131. The number of ether oxygens (including phenoxy) is 1. The topological polar surface area (TPSA) is 70.3 Å². The largest absolute Gasteiger partial charge is 0.508 e. The summed E-state index contributed by atoms with van der Waals surface area (Å²) in [5, 5.41) is 19.6. The minimum atomic E-state index is -0.380. The van der Waals surface area contributed by atoms with Crippen LogP contribution in [0.3, 0.4) is 0 Å². The summed E-state index contributed by atoms with van der Waals surface area (Å²) in [6, 6.07) is 48.7. The van der Waals surface area contributed by atoms with Gasteiger partial charge in [0.05, 0.1) is 11.5 Å². The first kappa shape index (κ1) is 54.2. The molecule has 1 N–H and O–H groups in total. The average Bonchev–Trinajstić information content (AvgIpc) is 3.31. The smallest absolute Gasteiger partial charge is 0.308 e. The highest BCUT2D eigenvalue weighted by Gasteiger charge is 2.29. The summed E-state index contributed by atoms with van der Waals surface area (Å²) < 4.78 is 4.84. The lowest BCUT2D eigenvalue weighted by atomic mass is 9.73. The molecule has 4 nitrogen and oxygen atoms in total. The summed E-state index contributed by atoms with van der Waals surface area (Å²) in [5.41, 5.74) is 16.2. The summed E-state index contributed by atoms with van der Waals surface area (Å²) in [5.74, 6) is 1.29. The van der Waals surface area contributed by atoms with Gasteiger partial charge in [-0.25, -0.2) is 0 Å². The van der Waals surface area contributed by atoms with E-state index >= 15 is 0 Å². The predicted molar refractivity (Wildman–Crippen MR) is 297 cm³/mol. The van der Waals surface area contributed by atoms with Crippen molar-refractivity contribution in [2.24, 2.45) is 5.41 Å². The molecule has 2 aliphatic carbocycles. The van der Waals surface area contributed by atoms with Gasteiger partial charge in [-0.15, -0.1) is 0 Å². The Bertz CT molecular complexity index is 2700. The maximum atomic E-state index is 10.5. The van der Waals surface area contributed by atoms with Crippen molar-refractivity contribution in [3.8, 4) is 17.6 Å². The van der Waals surface area contributed by atoms with Crippen molar-refractivity contribution >= 4 is 24.2 Å². The van der Waals surface area contributed by atoms with E-state index in [1.165, 1.54) is 93.8 Å². The maximum absolute atomic E-state index is 10.5. The summed E-state index contributed by atoms with van der Waals surface area (Å²) in [7, 11) is 0. The minimum absolute atomic E-state index is 0.124. The number of esters is 1. The van der Waals surface area contributed by atoms with Crippen molar-refractivity contribution in [2.45, 2.75) is 136 Å². The van der Waals surface area contributed by atoms with Gasteiger partial charge in [-0.2, -0.15) is 5.26 Å². The molecule has 0 heterocycles. The zero-order valence-corrected chi connectivity index (χ0v) is 43.6. The standard InChI is InChI=1S/C34H41NO.C12H16.C10H10O2.C10H10/c1-33(2,3)31-16-14-26(15-17-31)30(22-34(4,5)23-35)21-28(9-6-24-7-18-32(36)19-8-24)29-13-11-25-10-12-27(25)20-29;1-5-10-6-8-11(9-7-10)12(2,3)4;1-3-9-4-6-10(7-5-9)12-8(2)11;1-2-8-3-4-9-5-6-10(9)7-8/h7-8,11,13-20,28,30,36H,6,9-10,12,21-22H2,1-5H3;5-9H,1H2,2-4H3;3-7H,1H2,2H3;2-4,7H,1,5-6H2. The van der Waals surface area contributed by atoms with E-state index in [9.17, 15) is 15.2 Å². The molecule has 2 aliphatic rings. The lowest BCUT2D eigenvalue weighted by Gasteiger charge is -2.30. The zero-order valence-electron chi connectivity index (χ0n) is 43.6. The number of carbonyl (C=O) groups excluding carboxylic acids is 1. The van der Waals surface area contributed by atoms with Crippen LogP contribution in [0.2, 0.25) is 0 Å². The van der Waals surface area contributed by atoms with E-state index in [1.807, 2.05) is 36.4 Å². The van der Waals surface area contributed by atoms with E-state index in [-0.39, 0.29) is 22.2 Å². The summed E-state index contributed by atoms with van der Waals surface area (Å²) in [4.78, 5) is 10.5. The van der Waals surface area contributed by atoms with E-state index in [4.69, 9.17) is 4.74 Å². The Hall–Kier alpha value is -6.70. The van der Waals surface area contributed by atoms with Gasteiger partial charge >= 0.3 is 5.97 Å². The van der Waals surface area contributed by atoms with Gasteiger partial charge in [0, 0.05) is 6.92 Å². The monoisotopic (exact) mass is 932 g/mol. The Morgan fingerprint density at radius 3 is 1.50 bits per heavy atom. The number of nitriles is 1. The average molecular weight is 932 g/mol. The van der Waals surface area contributed by atoms with Crippen LogP contribution in [0, 0.1) is 16.7 Å². The molecule has 0 amide bonds. The van der Waals surface area contributed by atoms with Crippen molar-refractivity contribution in [1.29, 1.82) is 5.26 Å². The number of benzene rings is 6. The van der Waals surface area contributed by atoms with Crippen LogP contribution in [-0.2, 0) is 47.7 Å². The van der Waals surface area contributed by atoms with Crippen LogP contribution in [-0.4, -0.2) is 11.1 Å². The fourth-order valence-corrected chi connectivity index (χ4v) is 8.79. The van der Waals surface area contributed by atoms with Crippen LogP contribution in [0.1, 0.15) is 160 Å². The van der Waals surface area contributed by atoms with Gasteiger partial charge < -0.3 is 9.84 Å². The highest BCUT2D eigenvalue weighted by Crippen LogP contribution is 2.41. The number of carbonyl (C=O) groups is 1. The van der Waals surface area contributed by atoms with E-state index in [1.54, 1.807) is 30.3 Å². The predicted octanol–water partition coefficient (Wildman–Crippen LogP) is 16.9. The number of aromatic hydroxyl groups is 1. The first-order valence-corrected chi connectivity index (χ1v) is 25.0. The van der Waals surface area contributed by atoms with Crippen LogP contribution in [0.4, 0.5) is 0 Å². The Balaban J connectivity index is 0.000000215. The first-order valence-electron chi connectivity index (χ1n) is 25.0. The molecule has 2 atom stereocenters. The molecule has 6 aromatic carbocycles. The second-order valence-corrected chi connectivity index (χ2v) is 21.6. The Labute approximate surface area is 421 Å². The van der Waals surface area contributed by atoms with Crippen molar-refractivity contribution in [3.05, 3.63) is 220 Å². The molecule has 0 radical (unpaired) electrons. The molecule has 364 valence electrons. The number of fused-ring (bicyclic) bond motifs is 2. The molecule has 0 aliphatic heterocycles. The van der Waals surface area contributed by atoms with Gasteiger partial charge in [0.1, 0.15) is 11.5 Å². The van der Waals surface area contributed by atoms with Crippen LogP contribution in [0.5, 0.6) is 11.5 Å². The molecule has 2 unspecified atom stereocenters. The maximum Gasteiger partial charge on any atom is 0.308 e. The van der Waals surface area contributed by atoms with Crippen LogP contribution in [0.15, 0.2) is 153 Å². The highest BCUT2D eigenvalue weighted by atomic mass is 16.5. The van der Waals surface area contributed by atoms with E-state index in [2.05, 4.69) is 166 Å². The zero-order chi connectivity index (χ0) is 51.1. The number of phenolic OH excluding ortho intramolecular Hbond substituents is 1. The molecule has 0 saturated carbocycles. The second-order valence-electron chi connectivity index (χ2n) is 21.6. The molecule has 0 spiro atoms. The number of nitrogens with zero attached hydrogens (tertiary/aromatic N) is 1. The summed E-state index contributed by atoms with van der Waals surface area (Å²) in [6.07, 6.45) is 14.3. The normalized spacial score (nSPS) is 13.1. The third kappa shape index (κ3) is 16.5. The van der Waals surface area contributed by atoms with Crippen molar-refractivity contribution in [1.82, 2.24) is 0 Å². The third-order valence-electron chi connectivity index (χ3n) is 13.5. The van der Waals surface area contributed by atoms with E-state index in [0.29, 0.717) is 23.3 Å². The van der Waals surface area contributed by atoms with Crippen LogP contribution >= 0.6 is 0 Å². The van der Waals surface area contributed by atoms with Crippen molar-refractivity contribution in [2.75, 3.05) is 0 Å². The Kier molecular flexibility index (Phi) is 19.2. The molecule has 4 heteroatoms. The molecular formula is C66H77NO3. The number of hydrogen-bond donors (Lipinski definition) is 1. The molecule has 0 fully saturated rings. The molecular weight excluding hydrogens is 855 g/mol. The Morgan fingerprint density at radius 2 is 1.06 bits per heavy atom. The van der Waals surface area contributed by atoms with Gasteiger partial charge in [-0.05, 0) is 179 Å². The summed E-state index contributed by atoms with van der Waals surface area (Å²) >= 11 is 0. The van der Waals surface area contributed by atoms with Crippen LogP contribution in [0.25, 0.3) is 18.2 Å². The van der Waals surface area contributed by atoms with Crippen molar-refractivity contribution in [3.63, 3.8) is 0 Å². The third-order valence-corrected chi connectivity index (χ3v) is 13.5. The quantitative estimate of drug-likeness (QED) is 0.0925. The van der Waals surface area contributed by atoms with Gasteiger partial charge in [-0.1, -0.05) is 189 Å². The van der Waals surface area contributed by atoms with E-state index < -0.39 is 0 Å². The Morgan fingerprint density at radius 1 is 0.600 bits per heavy atom. The molecule has 0 saturated heterocycles. The molecule has 70 heavy (non-hydrogen) atoms. The molecule has 6 aromatic rings. The number of phenols is 1. The van der Waals surface area contributed by atoms with Gasteiger partial charge in [0.2, 0.25) is 0 Å². The first-order chi connectivity index (χ1) is 33.2. The lowest BCUT2D eigenvalue weighted by Crippen LogP contribution is -2.18. The van der Waals surface area contributed by atoms with Gasteiger partial charge in [0.25, 0.3) is 0 Å². The van der Waals surface area contributed by atoms with Gasteiger partial charge in [0.15, 0.2) is 0 Å². The second kappa shape index (κ2) is 24.7. The fourth-order valence-electron chi connectivity index (χ4n) is 8.79. The number of hydrogen-bond acceptors (Lipinski definition) is 4.